The van der Waals surface area contributed by atoms with E-state index in [1.807, 2.05) is 0 Å². The molecule has 0 aliphatic rings. The highest BCUT2D eigenvalue weighted by Crippen LogP contribution is 2.24. The number of nitrogens with two attached hydrogens (primary N) is 1. The maximum Gasteiger partial charge on any atom is 0.273 e. The van der Waals surface area contributed by atoms with Crippen molar-refractivity contribution in [2.75, 3.05) is 5.32 Å². The fraction of sp³-hybridized carbons (Fsp3) is 0.167. The lowest BCUT2D eigenvalue weighted by molar-refractivity contribution is 0.101. The van der Waals surface area contributed by atoms with Crippen LogP contribution in [0.3, 0.4) is 0 Å². The third kappa shape index (κ3) is 3.49. The van der Waals surface area contributed by atoms with E-state index in [1.165, 1.54) is 22.9 Å². The fourth-order valence-electron chi connectivity index (χ4n) is 1.83. The van der Waals surface area contributed by atoms with Crippen LogP contribution in [0.2, 0.25) is 0 Å². The number of anilines is 1. The van der Waals surface area contributed by atoms with Crippen LogP contribution in [-0.4, -0.2) is 24.1 Å². The van der Waals surface area contributed by atoms with E-state index in [-0.39, 0.29) is 15.3 Å². The largest absolute Gasteiger partial charge is 0.321 e. The number of aryl methyl sites for hydroxylation is 2. The van der Waals surface area contributed by atoms with Gasteiger partial charge in [0.15, 0.2) is 0 Å². The molecule has 0 spiro atoms. The first-order chi connectivity index (χ1) is 9.68. The second kappa shape index (κ2) is 5.58. The Balaban J connectivity index is 2.27. The molecule has 0 radical (unpaired) electrons. The first kappa shape index (κ1) is 15.7. The van der Waals surface area contributed by atoms with Gasteiger partial charge in [0.2, 0.25) is 10.0 Å². The van der Waals surface area contributed by atoms with Crippen molar-refractivity contribution in [1.82, 2.24) is 9.78 Å². The Hall–Kier alpha value is -1.71. The molecule has 2 aromatic rings. The highest BCUT2D eigenvalue weighted by molar-refractivity contribution is 9.10. The zero-order chi connectivity index (χ0) is 15.8. The van der Waals surface area contributed by atoms with Crippen molar-refractivity contribution in [2.24, 2.45) is 12.2 Å². The van der Waals surface area contributed by atoms with Gasteiger partial charge in [0.1, 0.15) is 5.69 Å². The predicted octanol–water partition coefficient (Wildman–Crippen LogP) is 1.39. The van der Waals surface area contributed by atoms with Crippen molar-refractivity contribution in [3.63, 3.8) is 0 Å². The van der Waals surface area contributed by atoms with E-state index in [1.54, 1.807) is 20.0 Å². The second-order valence-corrected chi connectivity index (χ2v) is 6.82. The van der Waals surface area contributed by atoms with Crippen molar-refractivity contribution in [3.05, 3.63) is 40.1 Å². The van der Waals surface area contributed by atoms with Crippen molar-refractivity contribution in [2.45, 2.75) is 11.8 Å². The first-order valence-electron chi connectivity index (χ1n) is 5.83. The summed E-state index contributed by atoms with van der Waals surface area (Å²) in [5.41, 5.74) is 1.57. The SMILES string of the molecule is Cc1cc(C(=O)Nc2ccc(S(N)(=O)=O)c(Br)c2)n(C)n1. The van der Waals surface area contributed by atoms with Crippen LogP contribution in [0.25, 0.3) is 0 Å². The summed E-state index contributed by atoms with van der Waals surface area (Å²) < 4.78 is 24.4. The Bertz CT molecular complexity index is 814. The van der Waals surface area contributed by atoms with Crippen molar-refractivity contribution < 1.29 is 13.2 Å². The Kier molecular flexibility index (Phi) is 4.17. The number of hydrogen-bond donors (Lipinski definition) is 2. The van der Waals surface area contributed by atoms with Gasteiger partial charge in [-0.25, -0.2) is 13.6 Å². The van der Waals surface area contributed by atoms with Crippen LogP contribution in [0.5, 0.6) is 0 Å². The third-order valence-corrected chi connectivity index (χ3v) is 4.62. The Morgan fingerprint density at radius 2 is 2.05 bits per heavy atom. The topological polar surface area (TPSA) is 107 Å². The van der Waals surface area contributed by atoms with Gasteiger partial charge in [-0.3, -0.25) is 9.48 Å². The van der Waals surface area contributed by atoms with Gasteiger partial charge in [-0.1, -0.05) is 0 Å². The van der Waals surface area contributed by atoms with Crippen LogP contribution in [0.4, 0.5) is 5.69 Å². The molecule has 0 bridgehead atoms. The Morgan fingerprint density at radius 1 is 1.38 bits per heavy atom. The van der Waals surface area contributed by atoms with E-state index < -0.39 is 10.0 Å². The van der Waals surface area contributed by atoms with E-state index in [0.717, 1.165) is 5.69 Å². The van der Waals surface area contributed by atoms with E-state index in [0.29, 0.717) is 11.4 Å². The fourth-order valence-corrected chi connectivity index (χ4v) is 3.47. The van der Waals surface area contributed by atoms with Crippen molar-refractivity contribution in [1.29, 1.82) is 0 Å². The number of hydrogen-bond acceptors (Lipinski definition) is 4. The van der Waals surface area contributed by atoms with Crippen LogP contribution in [0.15, 0.2) is 33.6 Å². The molecule has 9 heteroatoms. The van der Waals surface area contributed by atoms with Crippen LogP contribution in [0.1, 0.15) is 16.2 Å². The number of halogens is 1. The normalized spacial score (nSPS) is 11.4. The summed E-state index contributed by atoms with van der Waals surface area (Å²) in [5.74, 6) is -0.339. The molecule has 0 unspecified atom stereocenters. The molecule has 3 N–H and O–H groups in total. The summed E-state index contributed by atoms with van der Waals surface area (Å²) in [6, 6.07) is 5.92. The smallest absolute Gasteiger partial charge is 0.273 e. The number of amides is 1. The van der Waals surface area contributed by atoms with Crippen LogP contribution in [-0.2, 0) is 17.1 Å². The molecule has 0 fully saturated rings. The standard InChI is InChI=1S/C12H13BrN4O3S/c1-7-5-10(17(2)16-7)12(18)15-8-3-4-11(9(13)6-8)21(14,19)20/h3-6H,1-2H3,(H,15,18)(H2,14,19,20). The van der Waals surface area contributed by atoms with Gasteiger partial charge in [-0.15, -0.1) is 0 Å². The minimum absolute atomic E-state index is 0.0446. The van der Waals surface area contributed by atoms with Crippen molar-refractivity contribution >= 4 is 37.5 Å². The Morgan fingerprint density at radius 3 is 2.52 bits per heavy atom. The molecule has 0 saturated carbocycles. The number of aromatic nitrogens is 2. The number of nitrogens with zero attached hydrogens (tertiary/aromatic N) is 2. The van der Waals surface area contributed by atoms with E-state index in [9.17, 15) is 13.2 Å². The van der Waals surface area contributed by atoms with Crippen molar-refractivity contribution in [3.8, 4) is 0 Å². The molecule has 112 valence electrons. The lowest BCUT2D eigenvalue weighted by atomic mass is 10.3. The van der Waals surface area contributed by atoms with Gasteiger partial charge < -0.3 is 5.32 Å². The van der Waals surface area contributed by atoms with Gasteiger partial charge >= 0.3 is 0 Å². The first-order valence-corrected chi connectivity index (χ1v) is 8.17. The van der Waals surface area contributed by atoms with E-state index in [4.69, 9.17) is 5.14 Å². The number of rotatable bonds is 3. The lowest BCUT2D eigenvalue weighted by Crippen LogP contribution is -2.17. The lowest BCUT2D eigenvalue weighted by Gasteiger charge is -2.08. The number of carbonyl (C=O) groups is 1. The molecule has 1 amide bonds. The molecule has 1 aromatic heterocycles. The monoisotopic (exact) mass is 372 g/mol. The minimum Gasteiger partial charge on any atom is -0.321 e. The maximum atomic E-state index is 12.1. The second-order valence-electron chi connectivity index (χ2n) is 4.44. The molecule has 2 rings (SSSR count). The summed E-state index contributed by atoms with van der Waals surface area (Å²) in [7, 11) is -2.14. The van der Waals surface area contributed by atoms with Gasteiger partial charge in [-0.2, -0.15) is 5.10 Å². The molecule has 0 aliphatic heterocycles. The van der Waals surface area contributed by atoms with Crippen LogP contribution >= 0.6 is 15.9 Å². The number of primary sulfonamides is 1. The highest BCUT2D eigenvalue weighted by atomic mass is 79.9. The highest BCUT2D eigenvalue weighted by Gasteiger charge is 2.15. The summed E-state index contributed by atoms with van der Waals surface area (Å²) >= 11 is 3.12. The summed E-state index contributed by atoms with van der Waals surface area (Å²) in [6.07, 6.45) is 0. The van der Waals surface area contributed by atoms with Crippen LogP contribution < -0.4 is 10.5 Å². The van der Waals surface area contributed by atoms with E-state index >= 15 is 0 Å². The summed E-state index contributed by atoms with van der Waals surface area (Å²) in [6.45, 7) is 1.79. The van der Waals surface area contributed by atoms with E-state index in [2.05, 4.69) is 26.3 Å². The summed E-state index contributed by atoms with van der Waals surface area (Å²) in [5, 5.41) is 11.8. The molecular formula is C12H13BrN4O3S. The molecule has 0 atom stereocenters. The zero-order valence-electron chi connectivity index (χ0n) is 11.3. The summed E-state index contributed by atoms with van der Waals surface area (Å²) in [4.78, 5) is 12.1. The Labute approximate surface area is 130 Å². The number of carbonyl (C=O) groups excluding carboxylic acids is 1. The minimum atomic E-state index is -3.81. The van der Waals surface area contributed by atoms with Gasteiger partial charge in [0.05, 0.1) is 10.6 Å². The number of sulfonamides is 1. The zero-order valence-corrected chi connectivity index (χ0v) is 13.7. The van der Waals surface area contributed by atoms with Gasteiger partial charge in [0, 0.05) is 17.2 Å². The van der Waals surface area contributed by atoms with Crippen LogP contribution in [0, 0.1) is 6.92 Å². The molecule has 1 heterocycles. The van der Waals surface area contributed by atoms with Gasteiger partial charge in [-0.05, 0) is 47.1 Å². The maximum absolute atomic E-state index is 12.1. The molecule has 7 nitrogen and oxygen atoms in total. The molecule has 0 aliphatic carbocycles. The third-order valence-electron chi connectivity index (χ3n) is 2.73. The predicted molar refractivity (Wildman–Crippen MR) is 81.4 cm³/mol. The molecule has 0 saturated heterocycles. The quantitative estimate of drug-likeness (QED) is 0.848. The molecule has 21 heavy (non-hydrogen) atoms. The number of benzene rings is 1. The number of nitrogens with one attached hydrogen (secondary N) is 1. The van der Waals surface area contributed by atoms with Gasteiger partial charge in [0.25, 0.3) is 5.91 Å². The molecule has 1 aromatic carbocycles. The average molecular weight is 373 g/mol. The average Bonchev–Trinajstić information content (AvgIpc) is 2.67. The molecular weight excluding hydrogens is 360 g/mol.